The summed E-state index contributed by atoms with van der Waals surface area (Å²) >= 11 is 0. The highest BCUT2D eigenvalue weighted by Gasteiger charge is 2.32. The minimum absolute atomic E-state index is 0.215. The van der Waals surface area contributed by atoms with Gasteiger partial charge in [-0.1, -0.05) is 18.2 Å². The van der Waals surface area contributed by atoms with Gasteiger partial charge >= 0.3 is 0 Å². The van der Waals surface area contributed by atoms with Gasteiger partial charge in [-0.3, -0.25) is 9.59 Å². The number of anilines is 1. The minimum Gasteiger partial charge on any atom is -0.482 e. The van der Waals surface area contributed by atoms with E-state index in [0.717, 1.165) is 0 Å². The summed E-state index contributed by atoms with van der Waals surface area (Å²) in [4.78, 5) is 28.5. The van der Waals surface area contributed by atoms with Crippen molar-refractivity contribution in [2.24, 2.45) is 5.92 Å². The number of rotatable bonds is 6. The maximum absolute atomic E-state index is 12.4. The number of pyridine rings is 1. The molecule has 0 spiro atoms. The summed E-state index contributed by atoms with van der Waals surface area (Å²) in [5.74, 6) is -2.58. The normalized spacial score (nSPS) is 12.1. The fourth-order valence-electron chi connectivity index (χ4n) is 2.03. The molecule has 0 aliphatic carbocycles. The van der Waals surface area contributed by atoms with Crippen molar-refractivity contribution < 1.29 is 14.3 Å². The molecule has 124 valence electrons. The lowest BCUT2D eigenvalue weighted by Gasteiger charge is -2.17. The Morgan fingerprint density at radius 1 is 1.16 bits per heavy atom. The van der Waals surface area contributed by atoms with Gasteiger partial charge in [0, 0.05) is 6.20 Å². The Balaban J connectivity index is 2.09. The summed E-state index contributed by atoms with van der Waals surface area (Å²) < 4.78 is 5.46. The largest absolute Gasteiger partial charge is 0.482 e. The van der Waals surface area contributed by atoms with Gasteiger partial charge in [-0.15, -0.1) is 0 Å². The van der Waals surface area contributed by atoms with Crippen molar-refractivity contribution >= 4 is 17.5 Å². The third-order valence-corrected chi connectivity index (χ3v) is 3.30. The number of benzene rings is 1. The molecule has 25 heavy (non-hydrogen) atoms. The number of aromatic nitrogens is 1. The Labute approximate surface area is 144 Å². The molecule has 1 amide bonds. The Kier molecular flexibility index (Phi) is 5.81. The number of hydrogen-bond acceptors (Lipinski definition) is 6. The number of carbonyl (C=O) groups excluding carboxylic acids is 2. The summed E-state index contributed by atoms with van der Waals surface area (Å²) in [5, 5.41) is 20.7. The zero-order valence-electron chi connectivity index (χ0n) is 13.3. The van der Waals surface area contributed by atoms with Crippen LogP contribution >= 0.6 is 0 Å². The summed E-state index contributed by atoms with van der Waals surface area (Å²) in [6, 6.07) is 14.9. The van der Waals surface area contributed by atoms with E-state index in [1.54, 1.807) is 42.5 Å². The number of ether oxygens (including phenoxy) is 1. The zero-order valence-corrected chi connectivity index (χ0v) is 13.3. The molecule has 1 N–H and O–H groups in total. The number of carbonyl (C=O) groups is 2. The topological polar surface area (TPSA) is 116 Å². The van der Waals surface area contributed by atoms with Crippen molar-refractivity contribution in [3.8, 4) is 17.9 Å². The van der Waals surface area contributed by atoms with Crippen LogP contribution in [-0.4, -0.2) is 22.8 Å². The van der Waals surface area contributed by atoms with Crippen LogP contribution < -0.4 is 10.1 Å². The SMILES string of the molecule is CC(Oc1ccccc1C#N)C(=O)C(C#N)C(=O)Nc1ccccn1. The van der Waals surface area contributed by atoms with E-state index in [1.807, 2.05) is 6.07 Å². The zero-order chi connectivity index (χ0) is 18.2. The van der Waals surface area contributed by atoms with Crippen LogP contribution in [0.4, 0.5) is 5.82 Å². The molecule has 7 nitrogen and oxygen atoms in total. The lowest BCUT2D eigenvalue weighted by molar-refractivity contribution is -0.133. The van der Waals surface area contributed by atoms with E-state index in [0.29, 0.717) is 0 Å². The monoisotopic (exact) mass is 334 g/mol. The molecule has 0 aliphatic rings. The molecule has 2 aromatic rings. The molecule has 0 saturated heterocycles. The number of Topliss-reactive ketones (excluding diaryl/α,β-unsaturated/α-hetero) is 1. The first kappa shape index (κ1) is 17.6. The number of ketones is 1. The van der Waals surface area contributed by atoms with E-state index in [-0.39, 0.29) is 17.1 Å². The average molecular weight is 334 g/mol. The minimum atomic E-state index is -1.55. The van der Waals surface area contributed by atoms with E-state index in [1.165, 1.54) is 19.2 Å². The van der Waals surface area contributed by atoms with Crippen LogP contribution in [0.5, 0.6) is 5.75 Å². The molecule has 0 bridgehead atoms. The van der Waals surface area contributed by atoms with E-state index < -0.39 is 23.7 Å². The second-order valence-electron chi connectivity index (χ2n) is 5.04. The van der Waals surface area contributed by atoms with Gasteiger partial charge in [-0.2, -0.15) is 10.5 Å². The number of nitrogens with one attached hydrogen (secondary N) is 1. The van der Waals surface area contributed by atoms with Crippen LogP contribution in [0.3, 0.4) is 0 Å². The van der Waals surface area contributed by atoms with E-state index in [9.17, 15) is 14.9 Å². The highest BCUT2D eigenvalue weighted by atomic mass is 16.5. The second-order valence-corrected chi connectivity index (χ2v) is 5.04. The third kappa shape index (κ3) is 4.40. The van der Waals surface area contributed by atoms with Gasteiger partial charge in [0.25, 0.3) is 5.91 Å². The van der Waals surface area contributed by atoms with Crippen molar-refractivity contribution in [2.75, 3.05) is 5.32 Å². The average Bonchev–Trinajstić information content (AvgIpc) is 2.63. The Hall–Kier alpha value is -3.71. The van der Waals surface area contributed by atoms with Crippen LogP contribution in [0.25, 0.3) is 0 Å². The van der Waals surface area contributed by atoms with E-state index in [2.05, 4.69) is 10.3 Å². The van der Waals surface area contributed by atoms with Gasteiger partial charge < -0.3 is 10.1 Å². The summed E-state index contributed by atoms with van der Waals surface area (Å²) in [6.45, 7) is 1.43. The van der Waals surface area contributed by atoms with Gasteiger partial charge in [-0.25, -0.2) is 4.98 Å². The third-order valence-electron chi connectivity index (χ3n) is 3.30. The summed E-state index contributed by atoms with van der Waals surface area (Å²) in [7, 11) is 0. The fraction of sp³-hybridized carbons (Fsp3) is 0.167. The number of amides is 1. The smallest absolute Gasteiger partial charge is 0.250 e. The first-order valence-electron chi connectivity index (χ1n) is 7.38. The first-order valence-corrected chi connectivity index (χ1v) is 7.38. The molecule has 0 radical (unpaired) electrons. The molecule has 0 aliphatic heterocycles. The molecule has 1 aromatic carbocycles. The molecule has 2 rings (SSSR count). The van der Waals surface area contributed by atoms with Crippen molar-refractivity contribution in [3.63, 3.8) is 0 Å². The summed E-state index contributed by atoms with van der Waals surface area (Å²) in [6.07, 6.45) is 0.400. The molecular formula is C18H14N4O3. The Morgan fingerprint density at radius 3 is 2.52 bits per heavy atom. The highest BCUT2D eigenvalue weighted by molar-refractivity contribution is 6.10. The molecule has 2 atom stereocenters. The maximum Gasteiger partial charge on any atom is 0.250 e. The molecule has 7 heteroatoms. The highest BCUT2D eigenvalue weighted by Crippen LogP contribution is 2.19. The lowest BCUT2D eigenvalue weighted by Crippen LogP contribution is -2.37. The van der Waals surface area contributed by atoms with Crippen LogP contribution in [-0.2, 0) is 9.59 Å². The first-order chi connectivity index (χ1) is 12.1. The van der Waals surface area contributed by atoms with Crippen LogP contribution in [0.2, 0.25) is 0 Å². The number of nitrogens with zero attached hydrogens (tertiary/aromatic N) is 3. The molecule has 1 heterocycles. The predicted octanol–water partition coefficient (Wildman–Crippen LogP) is 2.07. The van der Waals surface area contributed by atoms with Gasteiger partial charge in [0.1, 0.15) is 17.6 Å². The van der Waals surface area contributed by atoms with Gasteiger partial charge in [0.15, 0.2) is 17.8 Å². The van der Waals surface area contributed by atoms with Gasteiger partial charge in [-0.05, 0) is 31.2 Å². The van der Waals surface area contributed by atoms with Gasteiger partial charge in [0.05, 0.1) is 11.6 Å². The molecule has 0 fully saturated rings. The van der Waals surface area contributed by atoms with E-state index >= 15 is 0 Å². The van der Waals surface area contributed by atoms with Crippen molar-refractivity contribution in [1.29, 1.82) is 10.5 Å². The lowest BCUT2D eigenvalue weighted by atomic mass is 10.0. The standard InChI is InChI=1S/C18H14N4O3/c1-12(25-15-7-3-2-6-13(15)10-19)17(23)14(11-20)18(24)22-16-8-4-5-9-21-16/h2-9,12,14H,1H3,(H,21,22,24). The molecule has 1 aromatic heterocycles. The quantitative estimate of drug-likeness (QED) is 0.808. The van der Waals surface area contributed by atoms with Crippen LogP contribution in [0, 0.1) is 28.6 Å². The maximum atomic E-state index is 12.4. The predicted molar refractivity (Wildman–Crippen MR) is 88.2 cm³/mol. The van der Waals surface area contributed by atoms with Crippen molar-refractivity contribution in [3.05, 3.63) is 54.2 Å². The van der Waals surface area contributed by atoms with Crippen molar-refractivity contribution in [2.45, 2.75) is 13.0 Å². The number of para-hydroxylation sites is 1. The Bertz CT molecular complexity index is 853. The Morgan fingerprint density at radius 2 is 1.88 bits per heavy atom. The fourth-order valence-corrected chi connectivity index (χ4v) is 2.03. The number of nitriles is 2. The molecule has 0 saturated carbocycles. The summed E-state index contributed by atoms with van der Waals surface area (Å²) in [5.41, 5.74) is 0.258. The van der Waals surface area contributed by atoms with Crippen LogP contribution in [0.1, 0.15) is 12.5 Å². The van der Waals surface area contributed by atoms with Crippen molar-refractivity contribution in [1.82, 2.24) is 4.98 Å². The van der Waals surface area contributed by atoms with Gasteiger partial charge in [0.2, 0.25) is 0 Å². The number of hydrogen-bond donors (Lipinski definition) is 1. The van der Waals surface area contributed by atoms with E-state index in [4.69, 9.17) is 10.00 Å². The second kappa shape index (κ2) is 8.23. The molecule has 2 unspecified atom stereocenters. The molecular weight excluding hydrogens is 320 g/mol. The van der Waals surface area contributed by atoms with Crippen LogP contribution in [0.15, 0.2) is 48.7 Å².